The van der Waals surface area contributed by atoms with E-state index in [0.717, 1.165) is 6.42 Å². The third kappa shape index (κ3) is 6.83. The summed E-state index contributed by atoms with van der Waals surface area (Å²) in [6.45, 7) is 6.64. The van der Waals surface area contributed by atoms with Crippen molar-refractivity contribution in [2.75, 3.05) is 0 Å². The van der Waals surface area contributed by atoms with Gasteiger partial charge in [-0.25, -0.2) is 0 Å². The highest BCUT2D eigenvalue weighted by Crippen LogP contribution is 2.55. The van der Waals surface area contributed by atoms with Gasteiger partial charge < -0.3 is 0 Å². The lowest BCUT2D eigenvalue weighted by molar-refractivity contribution is 0.182. The molecule has 0 aromatic rings. The van der Waals surface area contributed by atoms with E-state index in [1.807, 2.05) is 0 Å². The van der Waals surface area contributed by atoms with Crippen molar-refractivity contribution in [2.24, 2.45) is 5.41 Å². The van der Waals surface area contributed by atoms with Gasteiger partial charge in [0.1, 0.15) is 0 Å². The Kier molecular flexibility index (Phi) is 8.77. The third-order valence-corrected chi connectivity index (χ3v) is 9.56. The molecule has 0 aliphatic heterocycles. The van der Waals surface area contributed by atoms with E-state index in [1.165, 1.54) is 121 Å². The molecule has 2 atom stereocenters. The highest BCUT2D eigenvalue weighted by atomic mass is 32.1. The number of thiol groups is 2. The van der Waals surface area contributed by atoms with E-state index in [0.29, 0.717) is 0 Å². The second-order valence-corrected chi connectivity index (χ2v) is 12.8. The molecule has 0 amide bonds. The largest absolute Gasteiger partial charge is 0.173 e. The van der Waals surface area contributed by atoms with Crippen LogP contribution in [0.25, 0.3) is 0 Å². The molecule has 0 radical (unpaired) electrons. The minimum atomic E-state index is 0.135. The molecule has 0 aromatic carbocycles. The standard InChI is InChI=1S/C27H46S2/c1-23-21-24(23)22-26(17-11-6-4-3-5-7-12-18-26)27(29)19-13-9-8-10-15-25(2,28)16-14-20-27/h22,28-29H,1,3-21H2,2H3/b24-22-. The average molecular weight is 435 g/mol. The van der Waals surface area contributed by atoms with Crippen LogP contribution in [-0.2, 0) is 0 Å². The topological polar surface area (TPSA) is 0 Å². The van der Waals surface area contributed by atoms with Crippen molar-refractivity contribution in [3.8, 4) is 0 Å². The van der Waals surface area contributed by atoms with Crippen LogP contribution >= 0.6 is 25.3 Å². The van der Waals surface area contributed by atoms with Crippen molar-refractivity contribution in [1.29, 1.82) is 0 Å². The normalized spacial score (nSPS) is 36.9. The Morgan fingerprint density at radius 1 is 0.655 bits per heavy atom. The number of rotatable bonds is 2. The summed E-state index contributed by atoms with van der Waals surface area (Å²) in [6.07, 6.45) is 28.1. The zero-order valence-electron chi connectivity index (χ0n) is 19.1. The van der Waals surface area contributed by atoms with Crippen LogP contribution < -0.4 is 0 Å². The first-order valence-electron chi connectivity index (χ1n) is 12.7. The van der Waals surface area contributed by atoms with E-state index in [4.69, 9.17) is 25.3 Å². The molecule has 0 bridgehead atoms. The summed E-state index contributed by atoms with van der Waals surface area (Å²) in [5.74, 6) is 0. The van der Waals surface area contributed by atoms with Gasteiger partial charge in [-0.3, -0.25) is 0 Å². The smallest absolute Gasteiger partial charge is 0.0220 e. The first kappa shape index (κ1) is 23.8. The fourth-order valence-electron chi connectivity index (χ4n) is 6.09. The Hall–Kier alpha value is 0.180. The summed E-state index contributed by atoms with van der Waals surface area (Å²) in [7, 11) is 0. The minimum Gasteiger partial charge on any atom is -0.173 e. The highest BCUT2D eigenvalue weighted by Gasteiger charge is 2.47. The predicted molar refractivity (Wildman–Crippen MR) is 136 cm³/mol. The van der Waals surface area contributed by atoms with Gasteiger partial charge in [0, 0.05) is 14.9 Å². The predicted octanol–water partition coefficient (Wildman–Crippen LogP) is 9.27. The summed E-state index contributed by atoms with van der Waals surface area (Å²) < 4.78 is 0.335. The SMILES string of the molecule is C=C1C/C1=C/C1(C2(S)CCCCCCC(C)(S)CCC2)CCCCCCCCC1. The second-order valence-electron chi connectivity index (χ2n) is 10.9. The zero-order chi connectivity index (χ0) is 20.8. The van der Waals surface area contributed by atoms with Gasteiger partial charge in [-0.2, -0.15) is 25.3 Å². The van der Waals surface area contributed by atoms with Gasteiger partial charge in [0.2, 0.25) is 0 Å². The van der Waals surface area contributed by atoms with Crippen molar-refractivity contribution >= 4 is 25.3 Å². The van der Waals surface area contributed by atoms with Gasteiger partial charge in [0.25, 0.3) is 0 Å². The van der Waals surface area contributed by atoms with Crippen LogP contribution in [0.3, 0.4) is 0 Å². The fraction of sp³-hybridized carbons (Fsp3) is 0.852. The number of hydrogen-bond donors (Lipinski definition) is 2. The second kappa shape index (κ2) is 10.7. The molecule has 0 heterocycles. The van der Waals surface area contributed by atoms with E-state index < -0.39 is 0 Å². The Balaban J connectivity index is 1.87. The molecule has 166 valence electrons. The summed E-state index contributed by atoms with van der Waals surface area (Å²) in [5, 5.41) is 0. The highest BCUT2D eigenvalue weighted by molar-refractivity contribution is 7.82. The maximum absolute atomic E-state index is 5.65. The van der Waals surface area contributed by atoms with Gasteiger partial charge in [0.05, 0.1) is 0 Å². The monoisotopic (exact) mass is 434 g/mol. The number of hydrogen-bond acceptors (Lipinski definition) is 2. The molecule has 0 aromatic heterocycles. The van der Waals surface area contributed by atoms with Crippen molar-refractivity contribution in [1.82, 2.24) is 0 Å². The van der Waals surface area contributed by atoms with Crippen LogP contribution in [-0.4, -0.2) is 9.49 Å². The Morgan fingerprint density at radius 3 is 1.62 bits per heavy atom. The lowest BCUT2D eigenvalue weighted by Crippen LogP contribution is -2.43. The van der Waals surface area contributed by atoms with Crippen molar-refractivity contribution < 1.29 is 0 Å². The van der Waals surface area contributed by atoms with Gasteiger partial charge in [-0.1, -0.05) is 96.6 Å². The molecule has 3 aliphatic carbocycles. The zero-order valence-corrected chi connectivity index (χ0v) is 20.9. The number of allylic oxidation sites excluding steroid dienone is 3. The first-order valence-corrected chi connectivity index (χ1v) is 13.6. The maximum Gasteiger partial charge on any atom is 0.0220 e. The molecule has 3 fully saturated rings. The van der Waals surface area contributed by atoms with E-state index in [-0.39, 0.29) is 14.9 Å². The van der Waals surface area contributed by atoms with Gasteiger partial charge in [-0.15, -0.1) is 0 Å². The first-order chi connectivity index (χ1) is 13.9. The minimum absolute atomic E-state index is 0.135. The Morgan fingerprint density at radius 2 is 1.07 bits per heavy atom. The Labute approximate surface area is 192 Å². The molecule has 29 heavy (non-hydrogen) atoms. The van der Waals surface area contributed by atoms with Crippen LogP contribution in [0, 0.1) is 5.41 Å². The van der Waals surface area contributed by atoms with Crippen molar-refractivity contribution in [2.45, 2.75) is 138 Å². The molecule has 3 rings (SSSR count). The summed E-state index contributed by atoms with van der Waals surface area (Å²) in [4.78, 5) is 0. The van der Waals surface area contributed by atoms with E-state index in [2.05, 4.69) is 19.6 Å². The van der Waals surface area contributed by atoms with Crippen LogP contribution in [0.5, 0.6) is 0 Å². The molecule has 0 spiro atoms. The molecule has 0 N–H and O–H groups in total. The van der Waals surface area contributed by atoms with E-state index in [9.17, 15) is 0 Å². The average Bonchev–Trinajstić information content (AvgIpc) is 3.37. The lowest BCUT2D eigenvalue weighted by Gasteiger charge is -2.48. The van der Waals surface area contributed by atoms with E-state index in [1.54, 1.807) is 5.57 Å². The summed E-state index contributed by atoms with van der Waals surface area (Å²) in [5.41, 5.74) is 3.21. The van der Waals surface area contributed by atoms with Gasteiger partial charge in [-0.05, 0) is 56.1 Å². The fourth-order valence-corrected chi connectivity index (χ4v) is 7.01. The Bertz CT molecular complexity index is 563. The van der Waals surface area contributed by atoms with Crippen LogP contribution in [0.1, 0.15) is 129 Å². The molecular formula is C27H46S2. The van der Waals surface area contributed by atoms with Gasteiger partial charge in [0.15, 0.2) is 0 Å². The third-order valence-electron chi connectivity index (χ3n) is 8.22. The van der Waals surface area contributed by atoms with Crippen LogP contribution in [0.4, 0.5) is 0 Å². The maximum atomic E-state index is 5.65. The summed E-state index contributed by atoms with van der Waals surface area (Å²) in [6, 6.07) is 0. The molecular weight excluding hydrogens is 388 g/mol. The van der Waals surface area contributed by atoms with Gasteiger partial charge >= 0.3 is 0 Å². The van der Waals surface area contributed by atoms with Crippen molar-refractivity contribution in [3.05, 3.63) is 23.8 Å². The molecule has 0 nitrogen and oxygen atoms in total. The molecule has 3 aliphatic rings. The van der Waals surface area contributed by atoms with Crippen LogP contribution in [0.15, 0.2) is 23.8 Å². The summed E-state index contributed by atoms with van der Waals surface area (Å²) >= 11 is 10.7. The molecule has 2 unspecified atom stereocenters. The molecule has 3 saturated carbocycles. The van der Waals surface area contributed by atoms with Crippen LogP contribution in [0.2, 0.25) is 0 Å². The molecule has 0 saturated heterocycles. The lowest BCUT2D eigenvalue weighted by atomic mass is 9.63. The molecule has 2 heteroatoms. The van der Waals surface area contributed by atoms with E-state index >= 15 is 0 Å². The quantitative estimate of drug-likeness (QED) is 0.397. The van der Waals surface area contributed by atoms with Crippen molar-refractivity contribution in [3.63, 3.8) is 0 Å².